The molecule has 0 bridgehead atoms. The molecule has 0 unspecified atom stereocenters. The number of aliphatic carboxylic acids is 1. The first-order chi connectivity index (χ1) is 11.6. The Kier molecular flexibility index (Phi) is 4.84. The molecule has 126 valence electrons. The predicted molar refractivity (Wildman–Crippen MR) is 91.7 cm³/mol. The van der Waals surface area contributed by atoms with Crippen molar-refractivity contribution in [3.63, 3.8) is 0 Å². The van der Waals surface area contributed by atoms with Crippen LogP contribution in [0, 0.1) is 0 Å². The van der Waals surface area contributed by atoms with Gasteiger partial charge < -0.3 is 15.2 Å². The zero-order valence-electron chi connectivity index (χ0n) is 13.1. The van der Waals surface area contributed by atoms with Gasteiger partial charge in [-0.3, -0.25) is 9.59 Å². The normalized spacial score (nSPS) is 23.2. The summed E-state index contributed by atoms with van der Waals surface area (Å²) in [6.45, 7) is 0. The number of benzene rings is 1. The third-order valence-electron chi connectivity index (χ3n) is 3.89. The monoisotopic (exact) mass is 347 g/mol. The fraction of sp³-hybridized carbons (Fsp3) is 0.375. The van der Waals surface area contributed by atoms with E-state index in [1.54, 1.807) is 7.11 Å². The van der Waals surface area contributed by atoms with E-state index in [-0.39, 0.29) is 12.3 Å². The second kappa shape index (κ2) is 7.04. The van der Waals surface area contributed by atoms with Crippen LogP contribution in [0.4, 0.5) is 0 Å². The van der Waals surface area contributed by atoms with E-state index in [4.69, 9.17) is 9.84 Å². The molecule has 7 nitrogen and oxygen atoms in total. The molecule has 1 saturated heterocycles. The summed E-state index contributed by atoms with van der Waals surface area (Å²) in [4.78, 5) is 22.4. The first-order valence-electron chi connectivity index (χ1n) is 7.58. The number of nitrogens with zero attached hydrogens (tertiary/aromatic N) is 2. The molecule has 1 atom stereocenters. The average Bonchev–Trinajstić information content (AvgIpc) is 2.91. The smallest absolute Gasteiger partial charge is 0.305 e. The molecule has 0 aromatic heterocycles. The minimum Gasteiger partial charge on any atom is -0.497 e. The Morgan fingerprint density at radius 2 is 2.25 bits per heavy atom. The van der Waals surface area contributed by atoms with Gasteiger partial charge in [-0.05, 0) is 37.0 Å². The van der Waals surface area contributed by atoms with Gasteiger partial charge in [0.1, 0.15) is 11.0 Å². The van der Waals surface area contributed by atoms with E-state index in [0.717, 1.165) is 48.0 Å². The molecule has 1 fully saturated rings. The molecule has 1 aromatic rings. The highest BCUT2D eigenvalue weighted by molar-refractivity contribution is 8.15. The van der Waals surface area contributed by atoms with Crippen molar-refractivity contribution >= 4 is 34.5 Å². The third-order valence-corrected chi connectivity index (χ3v) is 4.96. The van der Waals surface area contributed by atoms with Crippen molar-refractivity contribution in [2.45, 2.75) is 30.9 Å². The van der Waals surface area contributed by atoms with E-state index in [9.17, 15) is 9.59 Å². The van der Waals surface area contributed by atoms with E-state index in [1.165, 1.54) is 5.56 Å². The van der Waals surface area contributed by atoms with Crippen molar-refractivity contribution in [3.8, 4) is 5.75 Å². The number of carboxylic acids is 1. The molecule has 2 aliphatic rings. The van der Waals surface area contributed by atoms with Crippen molar-refractivity contribution in [1.82, 2.24) is 5.32 Å². The number of ether oxygens (including phenoxy) is 1. The standard InChI is InChI=1S/C16H17N3O4S/c1-23-10-6-5-9-3-2-4-12(11(9)7-10)18-19-16-17-15(22)13(24-16)8-14(20)21/h5-7,13H,2-4,8H2,1H3,(H,20,21)(H,17,19,22)/t13-/m1/s1. The number of hydrogen-bond donors (Lipinski definition) is 2. The van der Waals surface area contributed by atoms with Crippen LogP contribution in [0.3, 0.4) is 0 Å². The number of amidine groups is 1. The summed E-state index contributed by atoms with van der Waals surface area (Å²) in [5, 5.41) is 19.5. The maximum atomic E-state index is 11.7. The molecule has 1 aromatic carbocycles. The number of thioether (sulfide) groups is 1. The number of carboxylic acid groups (broad SMARTS) is 1. The lowest BCUT2D eigenvalue weighted by Crippen LogP contribution is -2.26. The van der Waals surface area contributed by atoms with Crippen LogP contribution in [0.15, 0.2) is 28.4 Å². The second-order valence-corrected chi connectivity index (χ2v) is 6.71. The molecule has 1 aliphatic carbocycles. The van der Waals surface area contributed by atoms with Crippen LogP contribution in [0.2, 0.25) is 0 Å². The van der Waals surface area contributed by atoms with Crippen LogP contribution >= 0.6 is 11.8 Å². The Morgan fingerprint density at radius 3 is 3.00 bits per heavy atom. The molecule has 1 amide bonds. The van der Waals surface area contributed by atoms with Crippen LogP contribution in [0.5, 0.6) is 5.75 Å². The van der Waals surface area contributed by atoms with Crippen molar-refractivity contribution in [2.75, 3.05) is 7.11 Å². The van der Waals surface area contributed by atoms with E-state index < -0.39 is 11.2 Å². The Morgan fingerprint density at radius 1 is 1.42 bits per heavy atom. The van der Waals surface area contributed by atoms with Crippen molar-refractivity contribution in [2.24, 2.45) is 10.2 Å². The largest absolute Gasteiger partial charge is 0.497 e. The first-order valence-corrected chi connectivity index (χ1v) is 8.46. The number of aryl methyl sites for hydroxylation is 1. The maximum absolute atomic E-state index is 11.7. The van der Waals surface area contributed by atoms with Crippen molar-refractivity contribution in [1.29, 1.82) is 0 Å². The zero-order chi connectivity index (χ0) is 17.1. The van der Waals surface area contributed by atoms with Crippen molar-refractivity contribution < 1.29 is 19.4 Å². The van der Waals surface area contributed by atoms with Gasteiger partial charge in [0, 0.05) is 5.56 Å². The van der Waals surface area contributed by atoms with Gasteiger partial charge in [-0.2, -0.15) is 5.10 Å². The topological polar surface area (TPSA) is 100 Å². The highest BCUT2D eigenvalue weighted by Crippen LogP contribution is 2.27. The Bertz CT molecular complexity index is 745. The van der Waals surface area contributed by atoms with Crippen LogP contribution < -0.4 is 10.1 Å². The number of fused-ring (bicyclic) bond motifs is 1. The van der Waals surface area contributed by atoms with Crippen LogP contribution in [0.25, 0.3) is 0 Å². The van der Waals surface area contributed by atoms with Crippen LogP contribution in [-0.4, -0.2) is 40.2 Å². The summed E-state index contributed by atoms with van der Waals surface area (Å²) in [7, 11) is 1.62. The Labute approximate surface area is 143 Å². The van der Waals surface area contributed by atoms with Gasteiger partial charge in [-0.25, -0.2) is 0 Å². The SMILES string of the molecule is COc1ccc2c(c1)C(=NN=C1NC(=O)[C@@H](CC(=O)O)S1)CCC2. The zero-order valence-corrected chi connectivity index (χ0v) is 13.9. The number of hydrogen-bond acceptors (Lipinski definition) is 6. The van der Waals surface area contributed by atoms with E-state index in [2.05, 4.69) is 15.5 Å². The highest BCUT2D eigenvalue weighted by Gasteiger charge is 2.32. The van der Waals surface area contributed by atoms with Gasteiger partial charge in [0.05, 0.1) is 19.2 Å². The number of carbonyl (C=O) groups excluding carboxylic acids is 1. The number of methoxy groups -OCH3 is 1. The molecule has 24 heavy (non-hydrogen) atoms. The first kappa shape index (κ1) is 16.5. The summed E-state index contributed by atoms with van der Waals surface area (Å²) >= 11 is 1.10. The summed E-state index contributed by atoms with van der Waals surface area (Å²) < 4.78 is 5.26. The van der Waals surface area contributed by atoms with Gasteiger partial charge >= 0.3 is 5.97 Å². The minimum atomic E-state index is -1.01. The van der Waals surface area contributed by atoms with Gasteiger partial charge in [0.2, 0.25) is 5.91 Å². The van der Waals surface area contributed by atoms with Gasteiger partial charge in [-0.1, -0.05) is 17.8 Å². The summed E-state index contributed by atoms with van der Waals surface area (Å²) in [5.41, 5.74) is 3.06. The maximum Gasteiger partial charge on any atom is 0.305 e. The quantitative estimate of drug-likeness (QED) is 0.809. The molecule has 0 saturated carbocycles. The lowest BCUT2D eigenvalue weighted by atomic mass is 9.90. The predicted octanol–water partition coefficient (Wildman–Crippen LogP) is 1.80. The number of amides is 1. The molecule has 0 spiro atoms. The summed E-state index contributed by atoms with van der Waals surface area (Å²) in [6, 6.07) is 5.91. The van der Waals surface area contributed by atoms with E-state index in [0.29, 0.717) is 5.17 Å². The van der Waals surface area contributed by atoms with E-state index >= 15 is 0 Å². The minimum absolute atomic E-state index is 0.230. The lowest BCUT2D eigenvalue weighted by Gasteiger charge is -2.17. The fourth-order valence-corrected chi connectivity index (χ4v) is 3.61. The molecule has 3 rings (SSSR count). The molecular weight excluding hydrogens is 330 g/mol. The number of carbonyl (C=O) groups is 2. The van der Waals surface area contributed by atoms with Crippen LogP contribution in [0.1, 0.15) is 30.4 Å². The van der Waals surface area contributed by atoms with Crippen LogP contribution in [-0.2, 0) is 16.0 Å². The van der Waals surface area contributed by atoms with Crippen molar-refractivity contribution in [3.05, 3.63) is 29.3 Å². The molecule has 0 radical (unpaired) electrons. The molecule has 8 heteroatoms. The number of nitrogens with one attached hydrogen (secondary N) is 1. The van der Waals surface area contributed by atoms with Gasteiger partial charge in [0.25, 0.3) is 0 Å². The average molecular weight is 347 g/mol. The molecule has 1 heterocycles. The second-order valence-electron chi connectivity index (χ2n) is 5.52. The van der Waals surface area contributed by atoms with Gasteiger partial charge in [0.15, 0.2) is 5.17 Å². The number of rotatable bonds is 4. The third kappa shape index (κ3) is 3.59. The lowest BCUT2D eigenvalue weighted by molar-refractivity contribution is -0.138. The Hall–Kier alpha value is -2.35. The van der Waals surface area contributed by atoms with Gasteiger partial charge in [-0.15, -0.1) is 5.10 Å². The Balaban J connectivity index is 1.81. The fourth-order valence-electron chi connectivity index (χ4n) is 2.70. The molecule has 2 N–H and O–H groups in total. The highest BCUT2D eigenvalue weighted by atomic mass is 32.2. The summed E-state index contributed by atoms with van der Waals surface area (Å²) in [6.07, 6.45) is 2.55. The summed E-state index contributed by atoms with van der Waals surface area (Å²) in [5.74, 6) is -0.586. The van der Waals surface area contributed by atoms with E-state index in [1.807, 2.05) is 18.2 Å². The molecule has 1 aliphatic heterocycles. The molecular formula is C16H17N3O4S.